The van der Waals surface area contributed by atoms with Crippen LogP contribution in [0.3, 0.4) is 0 Å². The van der Waals surface area contributed by atoms with Crippen LogP contribution in [-0.4, -0.2) is 41.4 Å². The van der Waals surface area contributed by atoms with E-state index in [1.54, 1.807) is 48.4 Å². The van der Waals surface area contributed by atoms with E-state index in [1.165, 1.54) is 36.5 Å². The normalized spacial score (nSPS) is 12.2. The van der Waals surface area contributed by atoms with Crippen LogP contribution in [0.5, 0.6) is 0 Å². The van der Waals surface area contributed by atoms with E-state index in [-0.39, 0.29) is 10.5 Å². The molecule has 3 heterocycles. The average molecular weight is 447 g/mol. The van der Waals surface area contributed by atoms with E-state index in [0.29, 0.717) is 27.2 Å². The van der Waals surface area contributed by atoms with Gasteiger partial charge in [-0.1, -0.05) is 29.8 Å². The highest BCUT2D eigenvalue weighted by molar-refractivity contribution is 7.90. The van der Waals surface area contributed by atoms with Crippen molar-refractivity contribution in [2.45, 2.75) is 11.2 Å². The molecule has 4 aromatic rings. The van der Waals surface area contributed by atoms with Gasteiger partial charge in [0.05, 0.1) is 21.8 Å². The summed E-state index contributed by atoms with van der Waals surface area (Å²) in [6.45, 7) is 0. The van der Waals surface area contributed by atoms with E-state index in [2.05, 4.69) is 10.1 Å². The molecule has 0 aliphatic rings. The van der Waals surface area contributed by atoms with Crippen LogP contribution in [-0.2, 0) is 26.5 Å². The number of aromatic nitrogens is 4. The van der Waals surface area contributed by atoms with Crippen molar-refractivity contribution in [3.05, 3.63) is 65.6 Å². The fourth-order valence-electron chi connectivity index (χ4n) is 3.32. The highest BCUT2D eigenvalue weighted by Gasteiger charge is 2.28. The van der Waals surface area contributed by atoms with Crippen molar-refractivity contribution in [1.82, 2.24) is 18.7 Å². The van der Waals surface area contributed by atoms with E-state index in [4.69, 9.17) is 21.1 Å². The van der Waals surface area contributed by atoms with Crippen LogP contribution < -0.4 is 0 Å². The first-order valence-electron chi connectivity index (χ1n) is 8.93. The Morgan fingerprint density at radius 3 is 2.40 bits per heavy atom. The molecule has 0 saturated carbocycles. The van der Waals surface area contributed by atoms with Gasteiger partial charge in [-0.25, -0.2) is 17.4 Å². The molecule has 30 heavy (non-hydrogen) atoms. The van der Waals surface area contributed by atoms with Gasteiger partial charge in [-0.05, 0) is 18.2 Å². The second kappa shape index (κ2) is 7.84. The van der Waals surface area contributed by atoms with E-state index >= 15 is 0 Å². The molecular formula is C20H19ClN4O4S. The van der Waals surface area contributed by atoms with Crippen LogP contribution in [0.2, 0.25) is 5.02 Å². The van der Waals surface area contributed by atoms with E-state index in [9.17, 15) is 8.42 Å². The summed E-state index contributed by atoms with van der Waals surface area (Å²) in [6.07, 6.45) is 4.05. The minimum absolute atomic E-state index is 0.140. The molecule has 1 aromatic carbocycles. The van der Waals surface area contributed by atoms with E-state index < -0.39 is 16.3 Å². The fourth-order valence-corrected chi connectivity index (χ4v) is 5.10. The largest absolute Gasteiger partial charge is 0.352 e. The molecule has 0 unspecified atom stereocenters. The number of aryl methyl sites for hydroxylation is 1. The molecule has 0 aliphatic carbocycles. The lowest BCUT2D eigenvalue weighted by molar-refractivity contribution is -0.106. The van der Waals surface area contributed by atoms with Gasteiger partial charge in [-0.3, -0.25) is 4.68 Å². The molecule has 0 spiro atoms. The lowest BCUT2D eigenvalue weighted by Crippen LogP contribution is -2.15. The number of benzene rings is 1. The summed E-state index contributed by atoms with van der Waals surface area (Å²) < 4.78 is 40.5. The number of hydrogen-bond donors (Lipinski definition) is 0. The van der Waals surface area contributed by atoms with Gasteiger partial charge >= 0.3 is 0 Å². The van der Waals surface area contributed by atoms with Crippen molar-refractivity contribution >= 4 is 32.7 Å². The van der Waals surface area contributed by atoms with Crippen molar-refractivity contribution in [1.29, 1.82) is 0 Å². The fraction of sp³-hybridized carbons (Fsp3) is 0.200. The van der Waals surface area contributed by atoms with Crippen LogP contribution in [0, 0.1) is 0 Å². The molecular weight excluding hydrogens is 428 g/mol. The van der Waals surface area contributed by atoms with Crippen molar-refractivity contribution in [3.8, 4) is 11.3 Å². The molecule has 0 N–H and O–H groups in total. The third-order valence-corrected chi connectivity index (χ3v) is 6.85. The monoisotopic (exact) mass is 446 g/mol. The van der Waals surface area contributed by atoms with Crippen molar-refractivity contribution in [2.75, 3.05) is 14.2 Å². The van der Waals surface area contributed by atoms with Crippen molar-refractivity contribution in [2.24, 2.45) is 7.05 Å². The highest BCUT2D eigenvalue weighted by atomic mass is 35.5. The predicted molar refractivity (Wildman–Crippen MR) is 113 cm³/mol. The Labute approximate surface area is 178 Å². The number of halogens is 1. The zero-order valence-corrected chi connectivity index (χ0v) is 18.1. The maximum absolute atomic E-state index is 13.6. The quantitative estimate of drug-likeness (QED) is 0.420. The Balaban J connectivity index is 2.06. The first kappa shape index (κ1) is 20.5. The SMILES string of the molecule is COC(OC)c1cnc2c(cc(-c3cnn(C)c3)n2S(=O)(=O)c2ccccc2)c1Cl. The highest BCUT2D eigenvalue weighted by Crippen LogP contribution is 2.37. The molecule has 0 saturated heterocycles. The van der Waals surface area contributed by atoms with Gasteiger partial charge in [0.2, 0.25) is 0 Å². The molecule has 0 radical (unpaired) electrons. The van der Waals surface area contributed by atoms with Crippen LogP contribution in [0.4, 0.5) is 0 Å². The number of fused-ring (bicyclic) bond motifs is 1. The summed E-state index contributed by atoms with van der Waals surface area (Å²) in [5.41, 5.74) is 1.72. The van der Waals surface area contributed by atoms with E-state index in [1.807, 2.05) is 0 Å². The zero-order valence-electron chi connectivity index (χ0n) is 16.5. The Kier molecular flexibility index (Phi) is 5.37. The van der Waals surface area contributed by atoms with Crippen molar-refractivity contribution in [3.63, 3.8) is 0 Å². The molecule has 0 atom stereocenters. The van der Waals surface area contributed by atoms with Gasteiger partial charge in [0.1, 0.15) is 0 Å². The molecule has 4 rings (SSSR count). The van der Waals surface area contributed by atoms with Gasteiger partial charge in [-0.15, -0.1) is 0 Å². The second-order valence-electron chi connectivity index (χ2n) is 6.58. The minimum atomic E-state index is -3.96. The molecule has 0 fully saturated rings. The predicted octanol–water partition coefficient (Wildman–Crippen LogP) is 3.62. The van der Waals surface area contributed by atoms with Gasteiger partial charge < -0.3 is 9.47 Å². The lowest BCUT2D eigenvalue weighted by Gasteiger charge is -2.15. The summed E-state index contributed by atoms with van der Waals surface area (Å²) in [7, 11) is 0.774. The van der Waals surface area contributed by atoms with E-state index in [0.717, 1.165) is 0 Å². The Bertz CT molecular complexity index is 1310. The van der Waals surface area contributed by atoms with Gasteiger partial charge in [0.25, 0.3) is 10.0 Å². The van der Waals surface area contributed by atoms with Gasteiger partial charge in [-0.2, -0.15) is 5.10 Å². The minimum Gasteiger partial charge on any atom is -0.352 e. The number of hydrogen-bond acceptors (Lipinski definition) is 6. The first-order valence-corrected chi connectivity index (χ1v) is 10.8. The number of methoxy groups -OCH3 is 2. The lowest BCUT2D eigenvalue weighted by atomic mass is 10.2. The van der Waals surface area contributed by atoms with Crippen LogP contribution in [0.15, 0.2) is 59.9 Å². The Hall–Kier alpha value is -2.72. The van der Waals surface area contributed by atoms with Crippen LogP contribution >= 0.6 is 11.6 Å². The molecule has 156 valence electrons. The Morgan fingerprint density at radius 1 is 1.10 bits per heavy atom. The first-order chi connectivity index (χ1) is 14.4. The zero-order chi connectivity index (χ0) is 21.5. The number of ether oxygens (including phenoxy) is 2. The molecule has 3 aromatic heterocycles. The van der Waals surface area contributed by atoms with Crippen LogP contribution in [0.25, 0.3) is 22.3 Å². The molecule has 10 heteroatoms. The summed E-state index contributed by atoms with van der Waals surface area (Å²) in [5.74, 6) is 0. The molecule has 8 nitrogen and oxygen atoms in total. The topological polar surface area (TPSA) is 88.2 Å². The summed E-state index contributed by atoms with van der Waals surface area (Å²) in [5, 5.41) is 4.94. The third-order valence-electron chi connectivity index (χ3n) is 4.71. The second-order valence-corrected chi connectivity index (χ2v) is 8.75. The van der Waals surface area contributed by atoms with Gasteiger partial charge in [0.15, 0.2) is 11.9 Å². The maximum atomic E-state index is 13.6. The number of rotatable bonds is 6. The maximum Gasteiger partial charge on any atom is 0.269 e. The van der Waals surface area contributed by atoms with Crippen molar-refractivity contribution < 1.29 is 17.9 Å². The van der Waals surface area contributed by atoms with Crippen LogP contribution in [0.1, 0.15) is 11.9 Å². The summed E-state index contributed by atoms with van der Waals surface area (Å²) in [4.78, 5) is 4.56. The molecule has 0 bridgehead atoms. The summed E-state index contributed by atoms with van der Waals surface area (Å²) in [6, 6.07) is 9.86. The smallest absolute Gasteiger partial charge is 0.269 e. The summed E-state index contributed by atoms with van der Waals surface area (Å²) >= 11 is 6.64. The standard InChI is InChI=1S/C20H19ClN4O4S/c1-24-12-13(10-23-24)17-9-15-18(21)16(20(28-2)29-3)11-22-19(15)25(17)30(26,27)14-7-5-4-6-8-14/h4-12,20H,1-3H3. The molecule has 0 aliphatic heterocycles. The Morgan fingerprint density at radius 2 is 1.80 bits per heavy atom. The number of nitrogens with zero attached hydrogens (tertiary/aromatic N) is 4. The average Bonchev–Trinajstić information content (AvgIpc) is 3.35. The molecule has 0 amide bonds. The number of pyridine rings is 1. The van der Waals surface area contributed by atoms with Gasteiger partial charge in [0, 0.05) is 50.2 Å². The third kappa shape index (κ3) is 3.29.